The standard InChI is InChI=1S/C20H19ClN2O2.ClH/c1-4-25-20(24)14-5-7-18-16(11-14)19(10-13(3)22-18)23-17-8-6-15(21)9-12(17)2;/h5-11H,4H2,1-3H3,(H,22,23);1H/p-1. The van der Waals surface area contributed by atoms with Gasteiger partial charge >= 0.3 is 5.97 Å². The van der Waals surface area contributed by atoms with Crippen molar-refractivity contribution in [2.75, 3.05) is 11.9 Å². The first-order chi connectivity index (χ1) is 12.0. The lowest BCUT2D eigenvalue weighted by Crippen LogP contribution is -3.00. The van der Waals surface area contributed by atoms with Crippen molar-refractivity contribution < 1.29 is 21.9 Å². The molecule has 0 saturated carbocycles. The van der Waals surface area contributed by atoms with E-state index in [0.29, 0.717) is 17.2 Å². The molecule has 0 aliphatic carbocycles. The van der Waals surface area contributed by atoms with Gasteiger partial charge in [0.25, 0.3) is 0 Å². The van der Waals surface area contributed by atoms with Gasteiger partial charge in [0.15, 0.2) is 0 Å². The highest BCUT2D eigenvalue weighted by Gasteiger charge is 2.11. The third-order valence-electron chi connectivity index (χ3n) is 3.91. The van der Waals surface area contributed by atoms with E-state index >= 15 is 0 Å². The van der Waals surface area contributed by atoms with E-state index in [1.165, 1.54) is 0 Å². The fourth-order valence-corrected chi connectivity index (χ4v) is 2.94. The van der Waals surface area contributed by atoms with Gasteiger partial charge in [-0.05, 0) is 68.8 Å². The topological polar surface area (TPSA) is 51.2 Å². The lowest BCUT2D eigenvalue weighted by Gasteiger charge is -2.14. The molecule has 0 spiro atoms. The van der Waals surface area contributed by atoms with Gasteiger partial charge in [0, 0.05) is 27.5 Å². The fourth-order valence-electron chi connectivity index (χ4n) is 2.72. The molecular formula is C20H19Cl2N2O2-. The summed E-state index contributed by atoms with van der Waals surface area (Å²) in [4.78, 5) is 16.6. The van der Waals surface area contributed by atoms with Crippen molar-refractivity contribution >= 4 is 39.8 Å². The molecule has 6 heteroatoms. The van der Waals surface area contributed by atoms with E-state index in [-0.39, 0.29) is 18.4 Å². The van der Waals surface area contributed by atoms with Crippen molar-refractivity contribution in [3.8, 4) is 0 Å². The van der Waals surface area contributed by atoms with Crippen LogP contribution in [0.25, 0.3) is 10.9 Å². The Labute approximate surface area is 163 Å². The third kappa shape index (κ3) is 4.26. The number of nitrogens with zero attached hydrogens (tertiary/aromatic N) is 1. The molecule has 4 nitrogen and oxygen atoms in total. The van der Waals surface area contributed by atoms with E-state index in [0.717, 1.165) is 33.5 Å². The van der Waals surface area contributed by atoms with Gasteiger partial charge in [0.2, 0.25) is 0 Å². The number of aryl methyl sites for hydroxylation is 2. The van der Waals surface area contributed by atoms with E-state index in [4.69, 9.17) is 16.3 Å². The summed E-state index contributed by atoms with van der Waals surface area (Å²) in [5.41, 5.74) is 5.11. The number of carbonyl (C=O) groups excluding carboxylic acids is 1. The number of pyridine rings is 1. The molecular weight excluding hydrogens is 371 g/mol. The van der Waals surface area contributed by atoms with Crippen molar-refractivity contribution in [2.24, 2.45) is 0 Å². The van der Waals surface area contributed by atoms with E-state index in [1.807, 2.05) is 50.2 Å². The van der Waals surface area contributed by atoms with Crippen LogP contribution >= 0.6 is 11.6 Å². The molecule has 0 bridgehead atoms. The number of hydrogen-bond donors (Lipinski definition) is 1. The molecule has 0 unspecified atom stereocenters. The van der Waals surface area contributed by atoms with Gasteiger partial charge in [0.05, 0.1) is 17.7 Å². The van der Waals surface area contributed by atoms with Crippen LogP contribution in [0.2, 0.25) is 5.02 Å². The molecule has 26 heavy (non-hydrogen) atoms. The summed E-state index contributed by atoms with van der Waals surface area (Å²) in [6.45, 7) is 6.07. The summed E-state index contributed by atoms with van der Waals surface area (Å²) in [6.07, 6.45) is 0. The fraction of sp³-hybridized carbons (Fsp3) is 0.200. The molecule has 0 aliphatic heterocycles. The number of hydrogen-bond acceptors (Lipinski definition) is 4. The molecule has 0 aliphatic rings. The molecule has 0 amide bonds. The molecule has 3 rings (SSSR count). The monoisotopic (exact) mass is 389 g/mol. The average Bonchev–Trinajstić information content (AvgIpc) is 2.57. The minimum Gasteiger partial charge on any atom is -1.00 e. The van der Waals surface area contributed by atoms with Gasteiger partial charge < -0.3 is 22.5 Å². The second-order valence-electron chi connectivity index (χ2n) is 5.85. The first-order valence-corrected chi connectivity index (χ1v) is 8.47. The number of esters is 1. The molecule has 136 valence electrons. The highest BCUT2D eigenvalue weighted by atomic mass is 35.5. The summed E-state index contributed by atoms with van der Waals surface area (Å²) in [5, 5.41) is 4.99. The number of ether oxygens (including phenoxy) is 1. The zero-order chi connectivity index (χ0) is 18.0. The maximum Gasteiger partial charge on any atom is 0.338 e. The molecule has 3 aromatic rings. The van der Waals surface area contributed by atoms with Crippen LogP contribution in [0.4, 0.5) is 11.4 Å². The third-order valence-corrected chi connectivity index (χ3v) is 4.14. The Hall–Kier alpha value is -2.30. The van der Waals surface area contributed by atoms with Gasteiger partial charge in [-0.3, -0.25) is 4.98 Å². The average molecular weight is 390 g/mol. The SMILES string of the molecule is CCOC(=O)c1ccc2nc(C)cc(Nc3ccc(Cl)cc3C)c2c1.[Cl-]. The zero-order valence-corrected chi connectivity index (χ0v) is 16.3. The van der Waals surface area contributed by atoms with Crippen LogP contribution in [-0.4, -0.2) is 17.6 Å². The Kier molecular flexibility index (Phi) is 6.46. The minimum absolute atomic E-state index is 0. The molecule has 1 heterocycles. The second-order valence-corrected chi connectivity index (χ2v) is 6.28. The Morgan fingerprint density at radius 3 is 2.58 bits per heavy atom. The van der Waals surface area contributed by atoms with E-state index in [2.05, 4.69) is 10.3 Å². The van der Waals surface area contributed by atoms with Crippen LogP contribution in [0.3, 0.4) is 0 Å². The van der Waals surface area contributed by atoms with Crippen LogP contribution in [0, 0.1) is 13.8 Å². The molecule has 0 atom stereocenters. The molecule has 1 aromatic heterocycles. The number of fused-ring (bicyclic) bond motifs is 1. The molecule has 0 radical (unpaired) electrons. The van der Waals surface area contributed by atoms with Crippen LogP contribution in [0.5, 0.6) is 0 Å². The number of carbonyl (C=O) groups is 1. The lowest BCUT2D eigenvalue weighted by molar-refractivity contribution is -0.0000231. The first kappa shape index (κ1) is 20.0. The summed E-state index contributed by atoms with van der Waals surface area (Å²) in [7, 11) is 0. The Bertz CT molecular complexity index is 958. The number of nitrogens with one attached hydrogen (secondary N) is 1. The van der Waals surface area contributed by atoms with Crippen LogP contribution in [-0.2, 0) is 4.74 Å². The first-order valence-electron chi connectivity index (χ1n) is 8.09. The number of benzene rings is 2. The van der Waals surface area contributed by atoms with E-state index in [9.17, 15) is 4.79 Å². The van der Waals surface area contributed by atoms with E-state index < -0.39 is 0 Å². The van der Waals surface area contributed by atoms with Crippen molar-refractivity contribution in [2.45, 2.75) is 20.8 Å². The summed E-state index contributed by atoms with van der Waals surface area (Å²) in [6, 6.07) is 13.0. The maximum atomic E-state index is 12.0. The second kappa shape index (κ2) is 8.39. The summed E-state index contributed by atoms with van der Waals surface area (Å²) >= 11 is 6.04. The maximum absolute atomic E-state index is 12.0. The molecule has 2 aromatic carbocycles. The molecule has 0 fully saturated rings. The predicted octanol–water partition coefficient (Wildman–Crippen LogP) is 2.43. The van der Waals surface area contributed by atoms with Crippen LogP contribution < -0.4 is 17.7 Å². The summed E-state index contributed by atoms with van der Waals surface area (Å²) in [5.74, 6) is -0.335. The van der Waals surface area contributed by atoms with Crippen LogP contribution in [0.15, 0.2) is 42.5 Å². The van der Waals surface area contributed by atoms with Crippen molar-refractivity contribution in [1.29, 1.82) is 0 Å². The van der Waals surface area contributed by atoms with Gasteiger partial charge in [-0.15, -0.1) is 0 Å². The Balaban J connectivity index is 0.00000243. The zero-order valence-electron chi connectivity index (χ0n) is 14.8. The molecule has 0 saturated heterocycles. The number of rotatable bonds is 4. The van der Waals surface area contributed by atoms with Crippen molar-refractivity contribution in [3.63, 3.8) is 0 Å². The highest BCUT2D eigenvalue weighted by molar-refractivity contribution is 6.30. The normalized spacial score (nSPS) is 10.3. The number of halogens is 2. The summed E-state index contributed by atoms with van der Waals surface area (Å²) < 4.78 is 5.10. The van der Waals surface area contributed by atoms with Gasteiger partial charge in [-0.2, -0.15) is 0 Å². The Morgan fingerprint density at radius 1 is 1.12 bits per heavy atom. The lowest BCUT2D eigenvalue weighted by atomic mass is 10.1. The van der Waals surface area contributed by atoms with Crippen molar-refractivity contribution in [3.05, 3.63) is 64.3 Å². The van der Waals surface area contributed by atoms with Crippen molar-refractivity contribution in [1.82, 2.24) is 4.98 Å². The van der Waals surface area contributed by atoms with Crippen LogP contribution in [0.1, 0.15) is 28.5 Å². The number of anilines is 2. The minimum atomic E-state index is -0.335. The number of aromatic nitrogens is 1. The predicted molar refractivity (Wildman–Crippen MR) is 102 cm³/mol. The quantitative estimate of drug-likeness (QED) is 0.696. The van der Waals surface area contributed by atoms with E-state index in [1.54, 1.807) is 13.0 Å². The van der Waals surface area contributed by atoms with Gasteiger partial charge in [0.1, 0.15) is 0 Å². The largest absolute Gasteiger partial charge is 1.00 e. The van der Waals surface area contributed by atoms with Gasteiger partial charge in [-0.25, -0.2) is 4.79 Å². The highest BCUT2D eigenvalue weighted by Crippen LogP contribution is 2.30. The van der Waals surface area contributed by atoms with Gasteiger partial charge in [-0.1, -0.05) is 11.6 Å². The smallest absolute Gasteiger partial charge is 0.338 e. The molecule has 1 N–H and O–H groups in total. The Morgan fingerprint density at radius 2 is 1.88 bits per heavy atom.